The van der Waals surface area contributed by atoms with Crippen LogP contribution in [0.25, 0.3) is 10.9 Å². The number of pyridine rings is 1. The van der Waals surface area contributed by atoms with Gasteiger partial charge in [-0.05, 0) is 12.1 Å². The van der Waals surface area contributed by atoms with Crippen molar-refractivity contribution in [1.82, 2.24) is 10.3 Å². The summed E-state index contributed by atoms with van der Waals surface area (Å²) in [6.45, 7) is 0.142. The maximum Gasteiger partial charge on any atom is 0.354 e. The maximum atomic E-state index is 11.5. The average molecular weight is 273 g/mol. The van der Waals surface area contributed by atoms with Crippen LogP contribution in [0.4, 0.5) is 5.69 Å². The number of rotatable bonds is 4. The van der Waals surface area contributed by atoms with Gasteiger partial charge in [0, 0.05) is 25.2 Å². The van der Waals surface area contributed by atoms with Crippen LogP contribution in [0, 0.1) is 0 Å². The molecule has 2 aromatic rings. The molecule has 0 spiro atoms. The number of amides is 1. The van der Waals surface area contributed by atoms with Gasteiger partial charge in [0.25, 0.3) is 0 Å². The standard InChI is InChI=1S/C14H15N3O3/c1-15-13(18)8-17(2)12-7-11(14(19)20)16-10-6-4-3-5-9(10)12/h3-7H,8H2,1-2H3,(H,15,18)(H,19,20). The molecule has 1 heterocycles. The van der Waals surface area contributed by atoms with Crippen LogP contribution in [0.15, 0.2) is 30.3 Å². The molecule has 0 atom stereocenters. The Kier molecular flexibility index (Phi) is 3.84. The molecule has 0 fully saturated rings. The quantitative estimate of drug-likeness (QED) is 0.872. The van der Waals surface area contributed by atoms with Gasteiger partial charge in [-0.1, -0.05) is 18.2 Å². The third kappa shape index (κ3) is 2.69. The number of carboxylic acids is 1. The van der Waals surface area contributed by atoms with E-state index in [4.69, 9.17) is 5.11 Å². The summed E-state index contributed by atoms with van der Waals surface area (Å²) in [5.74, 6) is -1.24. The molecular formula is C14H15N3O3. The number of carbonyl (C=O) groups is 2. The fourth-order valence-corrected chi connectivity index (χ4v) is 1.96. The van der Waals surface area contributed by atoms with Gasteiger partial charge in [0.2, 0.25) is 5.91 Å². The summed E-state index contributed by atoms with van der Waals surface area (Å²) in [6, 6.07) is 8.72. The van der Waals surface area contributed by atoms with Gasteiger partial charge < -0.3 is 15.3 Å². The molecule has 1 aromatic heterocycles. The SMILES string of the molecule is CNC(=O)CN(C)c1cc(C(=O)O)nc2ccccc12. The van der Waals surface area contributed by atoms with E-state index in [0.717, 1.165) is 5.39 Å². The molecule has 0 radical (unpaired) electrons. The van der Waals surface area contributed by atoms with E-state index in [1.807, 2.05) is 12.1 Å². The van der Waals surface area contributed by atoms with Gasteiger partial charge in [0.1, 0.15) is 0 Å². The minimum Gasteiger partial charge on any atom is -0.477 e. The number of hydrogen-bond acceptors (Lipinski definition) is 4. The third-order valence-electron chi connectivity index (χ3n) is 2.98. The molecular weight excluding hydrogens is 258 g/mol. The largest absolute Gasteiger partial charge is 0.477 e. The molecule has 6 nitrogen and oxygen atoms in total. The van der Waals surface area contributed by atoms with Crippen molar-refractivity contribution in [2.24, 2.45) is 0 Å². The van der Waals surface area contributed by atoms with E-state index < -0.39 is 5.97 Å². The monoisotopic (exact) mass is 273 g/mol. The van der Waals surface area contributed by atoms with Crippen LogP contribution in [-0.4, -0.2) is 42.6 Å². The van der Waals surface area contributed by atoms with Gasteiger partial charge in [-0.2, -0.15) is 0 Å². The first-order valence-electron chi connectivity index (χ1n) is 6.07. The van der Waals surface area contributed by atoms with Gasteiger partial charge in [-0.25, -0.2) is 9.78 Å². The number of para-hydroxylation sites is 1. The van der Waals surface area contributed by atoms with E-state index in [-0.39, 0.29) is 18.1 Å². The lowest BCUT2D eigenvalue weighted by atomic mass is 10.1. The summed E-state index contributed by atoms with van der Waals surface area (Å²) in [5.41, 5.74) is 1.21. The van der Waals surface area contributed by atoms with Crippen molar-refractivity contribution in [1.29, 1.82) is 0 Å². The lowest BCUT2D eigenvalue weighted by Gasteiger charge is -2.20. The van der Waals surface area contributed by atoms with Crippen molar-refractivity contribution in [3.05, 3.63) is 36.0 Å². The lowest BCUT2D eigenvalue weighted by Crippen LogP contribution is -2.33. The summed E-state index contributed by atoms with van der Waals surface area (Å²) in [5, 5.41) is 12.5. The number of carbonyl (C=O) groups excluding carboxylic acids is 1. The van der Waals surface area contributed by atoms with E-state index in [1.54, 1.807) is 31.1 Å². The fourth-order valence-electron chi connectivity index (χ4n) is 1.96. The zero-order valence-corrected chi connectivity index (χ0v) is 11.3. The van der Waals surface area contributed by atoms with Crippen LogP contribution >= 0.6 is 0 Å². The van der Waals surface area contributed by atoms with Crippen molar-refractivity contribution in [3.63, 3.8) is 0 Å². The van der Waals surface area contributed by atoms with Gasteiger partial charge in [0.05, 0.1) is 12.1 Å². The first-order chi connectivity index (χ1) is 9.52. The zero-order chi connectivity index (χ0) is 14.7. The van der Waals surface area contributed by atoms with E-state index in [2.05, 4.69) is 10.3 Å². The van der Waals surface area contributed by atoms with Crippen molar-refractivity contribution in [2.75, 3.05) is 25.5 Å². The maximum absolute atomic E-state index is 11.5. The van der Waals surface area contributed by atoms with Crippen LogP contribution in [-0.2, 0) is 4.79 Å². The van der Waals surface area contributed by atoms with Crippen LogP contribution in [0.2, 0.25) is 0 Å². The first kappa shape index (κ1) is 13.8. The van der Waals surface area contributed by atoms with Gasteiger partial charge >= 0.3 is 5.97 Å². The Labute approximate surface area is 116 Å². The van der Waals surface area contributed by atoms with Crippen molar-refractivity contribution >= 4 is 28.5 Å². The highest BCUT2D eigenvalue weighted by atomic mass is 16.4. The normalized spacial score (nSPS) is 10.3. The van der Waals surface area contributed by atoms with Gasteiger partial charge in [0.15, 0.2) is 5.69 Å². The Morgan fingerprint density at radius 1 is 1.35 bits per heavy atom. The molecule has 0 aliphatic heterocycles. The van der Waals surface area contributed by atoms with Gasteiger partial charge in [-0.3, -0.25) is 4.79 Å². The Hall–Kier alpha value is -2.63. The number of likely N-dealkylation sites (N-methyl/N-ethyl adjacent to an activating group) is 2. The van der Waals surface area contributed by atoms with Gasteiger partial charge in [-0.15, -0.1) is 0 Å². The molecule has 1 aromatic carbocycles. The van der Waals surface area contributed by atoms with E-state index >= 15 is 0 Å². The third-order valence-corrected chi connectivity index (χ3v) is 2.98. The summed E-state index contributed by atoms with van der Waals surface area (Å²) in [7, 11) is 3.30. The number of hydrogen-bond donors (Lipinski definition) is 2. The predicted octanol–water partition coefficient (Wildman–Crippen LogP) is 1.12. The smallest absolute Gasteiger partial charge is 0.354 e. The second-order valence-electron chi connectivity index (χ2n) is 4.38. The van der Waals surface area contributed by atoms with Crippen LogP contribution in [0.5, 0.6) is 0 Å². The molecule has 20 heavy (non-hydrogen) atoms. The minimum atomic E-state index is -1.09. The number of aromatic carboxylic acids is 1. The molecule has 104 valence electrons. The molecule has 0 saturated heterocycles. The predicted molar refractivity (Wildman–Crippen MR) is 76.0 cm³/mol. The Morgan fingerprint density at radius 2 is 2.05 bits per heavy atom. The molecule has 0 bridgehead atoms. The van der Waals surface area contributed by atoms with E-state index in [1.165, 1.54) is 6.07 Å². The van der Waals surface area contributed by atoms with Crippen molar-refractivity contribution < 1.29 is 14.7 Å². The molecule has 2 N–H and O–H groups in total. The lowest BCUT2D eigenvalue weighted by molar-refractivity contribution is -0.119. The number of nitrogens with one attached hydrogen (secondary N) is 1. The Bertz CT molecular complexity index is 670. The minimum absolute atomic E-state index is 0.0394. The number of nitrogens with zero attached hydrogens (tertiary/aromatic N) is 2. The summed E-state index contributed by atoms with van der Waals surface area (Å²) >= 11 is 0. The highest BCUT2D eigenvalue weighted by Gasteiger charge is 2.14. The molecule has 1 amide bonds. The van der Waals surface area contributed by atoms with Crippen LogP contribution < -0.4 is 10.2 Å². The summed E-state index contributed by atoms with van der Waals surface area (Å²) in [6.07, 6.45) is 0. The van der Waals surface area contributed by atoms with E-state index in [0.29, 0.717) is 11.2 Å². The number of anilines is 1. The number of carboxylic acid groups (broad SMARTS) is 1. The van der Waals surface area contributed by atoms with Crippen molar-refractivity contribution in [3.8, 4) is 0 Å². The molecule has 2 rings (SSSR count). The van der Waals surface area contributed by atoms with Crippen LogP contribution in [0.1, 0.15) is 10.5 Å². The highest BCUT2D eigenvalue weighted by Crippen LogP contribution is 2.25. The summed E-state index contributed by atoms with van der Waals surface area (Å²) in [4.78, 5) is 28.4. The second-order valence-corrected chi connectivity index (χ2v) is 4.38. The number of fused-ring (bicyclic) bond motifs is 1. The Morgan fingerprint density at radius 3 is 2.70 bits per heavy atom. The highest BCUT2D eigenvalue weighted by molar-refractivity contribution is 5.98. The van der Waals surface area contributed by atoms with Crippen LogP contribution in [0.3, 0.4) is 0 Å². The molecule has 0 aliphatic carbocycles. The number of benzene rings is 1. The summed E-state index contributed by atoms with van der Waals surface area (Å²) < 4.78 is 0. The molecule has 6 heteroatoms. The second kappa shape index (κ2) is 5.56. The first-order valence-corrected chi connectivity index (χ1v) is 6.07. The Balaban J connectivity index is 2.54. The molecule has 0 unspecified atom stereocenters. The molecule has 0 aliphatic rings. The molecule has 0 saturated carbocycles. The topological polar surface area (TPSA) is 82.5 Å². The average Bonchev–Trinajstić information content (AvgIpc) is 2.45. The zero-order valence-electron chi connectivity index (χ0n) is 11.3. The van der Waals surface area contributed by atoms with E-state index in [9.17, 15) is 9.59 Å². The number of aromatic nitrogens is 1. The van der Waals surface area contributed by atoms with Crippen molar-refractivity contribution in [2.45, 2.75) is 0 Å². The fraction of sp³-hybridized carbons (Fsp3) is 0.214.